The van der Waals surface area contributed by atoms with E-state index in [9.17, 15) is 9.90 Å². The molecular formula is C18H18N4O3. The van der Waals surface area contributed by atoms with Crippen LogP contribution in [0.5, 0.6) is 0 Å². The maximum absolute atomic E-state index is 13.2. The molecule has 4 aromatic rings. The fourth-order valence-electron chi connectivity index (χ4n) is 3.01. The Morgan fingerprint density at radius 1 is 1.12 bits per heavy atom. The van der Waals surface area contributed by atoms with E-state index < -0.39 is 6.10 Å². The molecule has 0 spiro atoms. The highest BCUT2D eigenvalue weighted by Crippen LogP contribution is 2.22. The summed E-state index contributed by atoms with van der Waals surface area (Å²) in [6.45, 7) is 2.00. The third kappa shape index (κ3) is 2.69. The highest BCUT2D eigenvalue weighted by molar-refractivity contribution is 6.01. The fraction of sp³-hybridized carbons (Fsp3) is 0.167. The smallest absolute Gasteiger partial charge is 0.282 e. The topological polar surface area (TPSA) is 104 Å². The summed E-state index contributed by atoms with van der Waals surface area (Å²) in [5.74, 6) is 0. The highest BCUT2D eigenvalue weighted by atomic mass is 16.3. The van der Waals surface area contributed by atoms with Crippen molar-refractivity contribution in [2.45, 2.75) is 19.6 Å². The van der Waals surface area contributed by atoms with E-state index in [0.29, 0.717) is 23.2 Å². The van der Waals surface area contributed by atoms with Crippen LogP contribution in [-0.4, -0.2) is 35.8 Å². The third-order valence-electron chi connectivity index (χ3n) is 3.97. The third-order valence-corrected chi connectivity index (χ3v) is 3.97. The number of aromatic nitrogens is 4. The summed E-state index contributed by atoms with van der Waals surface area (Å²) in [5, 5.41) is 10.5. The van der Waals surface area contributed by atoms with E-state index in [1.807, 2.05) is 42.5 Å². The van der Waals surface area contributed by atoms with Gasteiger partial charge in [-0.3, -0.25) is 9.36 Å². The van der Waals surface area contributed by atoms with E-state index >= 15 is 0 Å². The Hall–Kier alpha value is -3.03. The Kier molecular flexibility index (Phi) is 4.35. The van der Waals surface area contributed by atoms with Gasteiger partial charge in [0.15, 0.2) is 0 Å². The van der Waals surface area contributed by atoms with Crippen molar-refractivity contribution in [2.75, 3.05) is 0 Å². The minimum absolute atomic E-state index is 0. The average Bonchev–Trinajstić information content (AvgIpc) is 3.00. The zero-order chi connectivity index (χ0) is 16.7. The van der Waals surface area contributed by atoms with E-state index in [0.717, 1.165) is 11.1 Å². The van der Waals surface area contributed by atoms with Crippen LogP contribution in [0.25, 0.3) is 27.8 Å². The van der Waals surface area contributed by atoms with Gasteiger partial charge in [0.2, 0.25) is 0 Å². The molecule has 0 radical (unpaired) electrons. The van der Waals surface area contributed by atoms with E-state index in [4.69, 9.17) is 0 Å². The van der Waals surface area contributed by atoms with Gasteiger partial charge in [-0.15, -0.1) is 0 Å². The molecule has 4 rings (SSSR count). The molecule has 1 atom stereocenters. The summed E-state index contributed by atoms with van der Waals surface area (Å²) in [5.41, 5.74) is 2.21. The number of imidazole rings is 1. The van der Waals surface area contributed by atoms with E-state index in [2.05, 4.69) is 9.97 Å². The Balaban J connectivity index is 0.00000182. The second-order valence-corrected chi connectivity index (χ2v) is 5.79. The van der Waals surface area contributed by atoms with Gasteiger partial charge < -0.3 is 15.1 Å². The van der Waals surface area contributed by atoms with Crippen molar-refractivity contribution in [1.82, 2.24) is 19.1 Å². The first-order chi connectivity index (χ1) is 11.7. The molecule has 0 saturated heterocycles. The van der Waals surface area contributed by atoms with Gasteiger partial charge in [0.05, 0.1) is 18.1 Å². The van der Waals surface area contributed by atoms with Crippen molar-refractivity contribution in [3.63, 3.8) is 0 Å². The standard InChI is InChI=1S/C18H16N4O2.H2O/c1-12(23)10-21-11-20-15-14-8-5-9-19-17(14)22(18(24)16(15)21)13-6-3-2-4-7-13;/h2-9,11-12,23H,10H2,1H3;1H2. The van der Waals surface area contributed by atoms with Crippen molar-refractivity contribution in [3.05, 3.63) is 65.3 Å². The quantitative estimate of drug-likeness (QED) is 0.608. The number of fused-ring (bicyclic) bond motifs is 3. The maximum atomic E-state index is 13.2. The molecule has 0 bridgehead atoms. The van der Waals surface area contributed by atoms with Gasteiger partial charge in [0.1, 0.15) is 16.7 Å². The molecule has 0 aliphatic carbocycles. The van der Waals surface area contributed by atoms with Gasteiger partial charge in [-0.1, -0.05) is 18.2 Å². The molecule has 1 unspecified atom stereocenters. The zero-order valence-corrected chi connectivity index (χ0v) is 13.6. The largest absolute Gasteiger partial charge is 0.412 e. The zero-order valence-electron chi connectivity index (χ0n) is 13.6. The minimum atomic E-state index is -0.573. The molecule has 3 aromatic heterocycles. The van der Waals surface area contributed by atoms with Crippen LogP contribution < -0.4 is 5.56 Å². The Labute approximate surface area is 143 Å². The van der Waals surface area contributed by atoms with Crippen molar-refractivity contribution in [2.24, 2.45) is 0 Å². The first-order valence-electron chi connectivity index (χ1n) is 7.75. The molecule has 0 saturated carbocycles. The first-order valence-corrected chi connectivity index (χ1v) is 7.75. The van der Waals surface area contributed by atoms with Gasteiger partial charge in [-0.25, -0.2) is 9.97 Å². The molecule has 7 heteroatoms. The second kappa shape index (κ2) is 6.46. The number of rotatable bonds is 3. The lowest BCUT2D eigenvalue weighted by Crippen LogP contribution is -2.23. The van der Waals surface area contributed by atoms with Crippen molar-refractivity contribution in [1.29, 1.82) is 0 Å². The maximum Gasteiger partial charge on any atom is 0.282 e. The molecule has 3 heterocycles. The summed E-state index contributed by atoms with van der Waals surface area (Å²) in [6, 6.07) is 13.1. The van der Waals surface area contributed by atoms with E-state index in [1.165, 1.54) is 0 Å². The van der Waals surface area contributed by atoms with Crippen LogP contribution in [-0.2, 0) is 6.54 Å². The number of benzene rings is 1. The van der Waals surface area contributed by atoms with Gasteiger partial charge in [0, 0.05) is 18.1 Å². The molecule has 1 aromatic carbocycles. The molecular weight excluding hydrogens is 320 g/mol. The predicted octanol–water partition coefficient (Wildman–Crippen LogP) is 1.29. The van der Waals surface area contributed by atoms with Crippen molar-refractivity contribution < 1.29 is 10.6 Å². The second-order valence-electron chi connectivity index (χ2n) is 5.79. The summed E-state index contributed by atoms with van der Waals surface area (Å²) in [7, 11) is 0. The summed E-state index contributed by atoms with van der Waals surface area (Å²) < 4.78 is 3.30. The molecule has 0 aliphatic rings. The lowest BCUT2D eigenvalue weighted by atomic mass is 10.2. The van der Waals surface area contributed by atoms with Crippen molar-refractivity contribution in [3.8, 4) is 5.69 Å². The molecule has 3 N–H and O–H groups in total. The minimum Gasteiger partial charge on any atom is -0.412 e. The van der Waals surface area contributed by atoms with Crippen LogP contribution in [0.3, 0.4) is 0 Å². The molecule has 128 valence electrons. The van der Waals surface area contributed by atoms with Crippen LogP contribution in [0.1, 0.15) is 6.92 Å². The molecule has 25 heavy (non-hydrogen) atoms. The lowest BCUT2D eigenvalue weighted by Gasteiger charge is -2.12. The van der Waals surface area contributed by atoms with Gasteiger partial charge >= 0.3 is 0 Å². The summed E-state index contributed by atoms with van der Waals surface area (Å²) >= 11 is 0. The van der Waals surface area contributed by atoms with E-state index in [1.54, 1.807) is 28.6 Å². The number of para-hydroxylation sites is 1. The van der Waals surface area contributed by atoms with Crippen molar-refractivity contribution >= 4 is 22.1 Å². The van der Waals surface area contributed by atoms with Gasteiger partial charge in [-0.2, -0.15) is 0 Å². The molecule has 7 nitrogen and oxygen atoms in total. The number of hydrogen-bond acceptors (Lipinski definition) is 4. The highest BCUT2D eigenvalue weighted by Gasteiger charge is 2.17. The molecule has 0 aliphatic heterocycles. The average molecular weight is 338 g/mol. The summed E-state index contributed by atoms with van der Waals surface area (Å²) in [4.78, 5) is 22.0. The van der Waals surface area contributed by atoms with Crippen LogP contribution in [0, 0.1) is 0 Å². The van der Waals surface area contributed by atoms with Crippen LogP contribution >= 0.6 is 0 Å². The van der Waals surface area contributed by atoms with Crippen LogP contribution in [0.4, 0.5) is 0 Å². The Morgan fingerprint density at radius 2 is 1.88 bits per heavy atom. The SMILES string of the molecule is CC(O)Cn1cnc2c3cccnc3n(-c3ccccc3)c(=O)c21.O. The lowest BCUT2D eigenvalue weighted by molar-refractivity contribution is 0.175. The number of hydrogen-bond donors (Lipinski definition) is 1. The predicted molar refractivity (Wildman–Crippen MR) is 95.9 cm³/mol. The summed E-state index contributed by atoms with van der Waals surface area (Å²) in [6.07, 6.45) is 2.69. The Bertz CT molecular complexity index is 1080. The van der Waals surface area contributed by atoms with Crippen LogP contribution in [0.15, 0.2) is 59.8 Å². The van der Waals surface area contributed by atoms with E-state index in [-0.39, 0.29) is 11.0 Å². The number of nitrogens with zero attached hydrogens (tertiary/aromatic N) is 4. The first kappa shape index (κ1) is 16.8. The molecule has 0 amide bonds. The number of pyridine rings is 2. The van der Waals surface area contributed by atoms with Gasteiger partial charge in [0.25, 0.3) is 5.56 Å². The fourth-order valence-corrected chi connectivity index (χ4v) is 3.01. The monoisotopic (exact) mass is 338 g/mol. The number of aliphatic hydroxyl groups is 1. The normalized spacial score (nSPS) is 12.2. The van der Waals surface area contributed by atoms with Gasteiger partial charge in [-0.05, 0) is 31.2 Å². The number of aliphatic hydroxyl groups excluding tert-OH is 1. The van der Waals surface area contributed by atoms with Crippen LogP contribution in [0.2, 0.25) is 0 Å². The Morgan fingerprint density at radius 3 is 2.60 bits per heavy atom. The molecule has 0 fully saturated rings.